The first-order valence-corrected chi connectivity index (χ1v) is 13.8. The highest BCUT2D eigenvalue weighted by atomic mass is 35.5. The van der Waals surface area contributed by atoms with Crippen molar-refractivity contribution >= 4 is 72.1 Å². The first-order valence-electron chi connectivity index (χ1n) is 10.3. The summed E-state index contributed by atoms with van der Waals surface area (Å²) in [6.45, 7) is -0.120. The lowest BCUT2D eigenvalue weighted by Crippen LogP contribution is -2.47. The van der Waals surface area contributed by atoms with Crippen LogP contribution in [0.15, 0.2) is 39.5 Å². The number of thiazole rings is 1. The number of fused-ring (bicyclic) bond motifs is 1. The number of carbonyl (C=O) groups excluding carboxylic acids is 2. The van der Waals surface area contributed by atoms with Crippen molar-refractivity contribution < 1.29 is 27.7 Å². The fourth-order valence-electron chi connectivity index (χ4n) is 3.77. The van der Waals surface area contributed by atoms with Gasteiger partial charge in [0.05, 0.1) is 26.6 Å². The van der Waals surface area contributed by atoms with Gasteiger partial charge < -0.3 is 9.30 Å². The number of aromatic nitrogens is 1. The molecule has 0 spiro atoms. The monoisotopic (exact) mass is 558 g/mol. The summed E-state index contributed by atoms with van der Waals surface area (Å²) in [5, 5.41) is 11.2. The number of amides is 1. The number of halogens is 1. The van der Waals surface area contributed by atoms with Crippen LogP contribution in [0.1, 0.15) is 19.3 Å². The SMILES string of the molecule is COC(=O)Cn1c(=NC(=O)C2CCCCN2S(=O)(=O)c2ccc(Cl)s2)sc2cc([N+](=O)[O-])ccc21. The van der Waals surface area contributed by atoms with Crippen molar-refractivity contribution in [2.75, 3.05) is 13.7 Å². The van der Waals surface area contributed by atoms with Gasteiger partial charge in [-0.25, -0.2) is 8.42 Å². The maximum absolute atomic E-state index is 13.3. The van der Waals surface area contributed by atoms with E-state index in [-0.39, 0.29) is 34.2 Å². The van der Waals surface area contributed by atoms with E-state index in [4.69, 9.17) is 16.3 Å². The Hall–Kier alpha value is -2.65. The highest BCUT2D eigenvalue weighted by molar-refractivity contribution is 7.91. The number of piperidine rings is 1. The van der Waals surface area contributed by atoms with Crippen LogP contribution in [0.4, 0.5) is 5.69 Å². The average molecular weight is 559 g/mol. The predicted octanol–water partition coefficient (Wildman–Crippen LogP) is 3.17. The van der Waals surface area contributed by atoms with Crippen LogP contribution in [0.3, 0.4) is 0 Å². The van der Waals surface area contributed by atoms with Gasteiger partial charge >= 0.3 is 5.97 Å². The highest BCUT2D eigenvalue weighted by Crippen LogP contribution is 2.32. The summed E-state index contributed by atoms with van der Waals surface area (Å²) in [5.41, 5.74) is 0.305. The van der Waals surface area contributed by atoms with E-state index in [0.29, 0.717) is 27.4 Å². The molecule has 1 aliphatic heterocycles. The molecule has 186 valence electrons. The van der Waals surface area contributed by atoms with Crippen LogP contribution in [0.5, 0.6) is 0 Å². The molecule has 1 saturated heterocycles. The number of esters is 1. The lowest BCUT2D eigenvalue weighted by Gasteiger charge is -2.31. The van der Waals surface area contributed by atoms with E-state index in [0.717, 1.165) is 27.0 Å². The molecule has 0 saturated carbocycles. The third-order valence-corrected chi connectivity index (χ3v) is 10.1. The zero-order valence-corrected chi connectivity index (χ0v) is 21.5. The number of nitro benzene ring substituents is 1. The van der Waals surface area contributed by atoms with Gasteiger partial charge in [0.25, 0.3) is 21.6 Å². The molecule has 1 aromatic carbocycles. The Balaban J connectivity index is 1.78. The molecule has 2 aromatic heterocycles. The summed E-state index contributed by atoms with van der Waals surface area (Å²) in [4.78, 5) is 40.2. The molecule has 1 aliphatic rings. The van der Waals surface area contributed by atoms with Gasteiger partial charge in [-0.3, -0.25) is 19.7 Å². The van der Waals surface area contributed by atoms with Gasteiger partial charge in [0.15, 0.2) is 4.80 Å². The van der Waals surface area contributed by atoms with Crippen LogP contribution < -0.4 is 4.80 Å². The summed E-state index contributed by atoms with van der Waals surface area (Å²) in [7, 11) is -2.75. The van der Waals surface area contributed by atoms with Gasteiger partial charge in [0.2, 0.25) is 0 Å². The molecule has 1 unspecified atom stereocenters. The summed E-state index contributed by atoms with van der Waals surface area (Å²) in [6, 6.07) is 5.94. The molecule has 0 radical (unpaired) electrons. The Labute approximate surface area is 212 Å². The van der Waals surface area contributed by atoms with Crippen LogP contribution in [0.25, 0.3) is 10.2 Å². The quantitative estimate of drug-likeness (QED) is 0.257. The number of methoxy groups -OCH3 is 1. The van der Waals surface area contributed by atoms with Crippen molar-refractivity contribution in [1.29, 1.82) is 0 Å². The Morgan fingerprint density at radius 3 is 2.69 bits per heavy atom. The van der Waals surface area contributed by atoms with Crippen molar-refractivity contribution in [1.82, 2.24) is 8.87 Å². The van der Waals surface area contributed by atoms with Gasteiger partial charge in [-0.2, -0.15) is 9.30 Å². The topological polar surface area (TPSA) is 141 Å². The number of sulfonamides is 1. The summed E-state index contributed by atoms with van der Waals surface area (Å²) in [5.74, 6) is -1.29. The van der Waals surface area contributed by atoms with Crippen molar-refractivity contribution in [2.24, 2.45) is 4.99 Å². The zero-order chi connectivity index (χ0) is 25.3. The molecule has 1 atom stereocenters. The molecule has 1 amide bonds. The van der Waals surface area contributed by atoms with Crippen molar-refractivity contribution in [3.8, 4) is 0 Å². The largest absolute Gasteiger partial charge is 0.468 e. The summed E-state index contributed by atoms with van der Waals surface area (Å²) >= 11 is 7.82. The molecule has 35 heavy (non-hydrogen) atoms. The van der Waals surface area contributed by atoms with E-state index in [1.807, 2.05) is 0 Å². The fraction of sp³-hybridized carbons (Fsp3) is 0.350. The number of non-ortho nitro benzene ring substituents is 1. The smallest absolute Gasteiger partial charge is 0.325 e. The first kappa shape index (κ1) is 25.4. The number of nitrogens with zero attached hydrogens (tertiary/aromatic N) is 4. The highest BCUT2D eigenvalue weighted by Gasteiger charge is 2.38. The minimum atomic E-state index is -3.97. The molecule has 3 heterocycles. The van der Waals surface area contributed by atoms with Gasteiger partial charge in [0.1, 0.15) is 16.8 Å². The molecule has 0 aliphatic carbocycles. The molecule has 3 aromatic rings. The minimum Gasteiger partial charge on any atom is -0.468 e. The van der Waals surface area contributed by atoms with E-state index >= 15 is 0 Å². The maximum atomic E-state index is 13.3. The normalized spacial score (nSPS) is 17.5. The number of ether oxygens (including phenoxy) is 1. The Kier molecular flexibility index (Phi) is 7.38. The Bertz CT molecular complexity index is 1490. The van der Waals surface area contributed by atoms with Crippen LogP contribution in [-0.2, 0) is 30.9 Å². The number of benzene rings is 1. The van der Waals surface area contributed by atoms with E-state index in [2.05, 4.69) is 4.99 Å². The van der Waals surface area contributed by atoms with Crippen molar-refractivity contribution in [3.63, 3.8) is 0 Å². The second-order valence-electron chi connectivity index (χ2n) is 7.59. The zero-order valence-electron chi connectivity index (χ0n) is 18.2. The van der Waals surface area contributed by atoms with E-state index < -0.39 is 32.9 Å². The molecular formula is C20H19ClN4O7S3. The lowest BCUT2D eigenvalue weighted by molar-refractivity contribution is -0.384. The van der Waals surface area contributed by atoms with Gasteiger partial charge in [-0.15, -0.1) is 11.3 Å². The predicted molar refractivity (Wildman–Crippen MR) is 130 cm³/mol. The van der Waals surface area contributed by atoms with E-state index in [1.165, 1.54) is 42.0 Å². The first-order chi connectivity index (χ1) is 16.6. The standard InChI is InChI=1S/C20H19ClN4O7S3/c1-32-17(26)11-23-13-6-5-12(25(28)29)10-15(13)33-20(23)22-19(27)14-4-2-3-9-24(14)35(30,31)18-8-7-16(21)34-18/h5-8,10,14H,2-4,9,11H2,1H3. The second-order valence-corrected chi connectivity index (χ2v) is 12.4. The fourth-order valence-corrected chi connectivity index (χ4v) is 8.10. The maximum Gasteiger partial charge on any atom is 0.325 e. The van der Waals surface area contributed by atoms with Crippen LogP contribution >= 0.6 is 34.3 Å². The molecule has 11 nitrogen and oxygen atoms in total. The number of thiophene rings is 1. The third kappa shape index (κ3) is 5.16. The summed E-state index contributed by atoms with van der Waals surface area (Å²) < 4.78 is 34.5. The molecular weight excluding hydrogens is 540 g/mol. The number of nitro groups is 1. The number of carbonyl (C=O) groups is 2. The van der Waals surface area contributed by atoms with Crippen LogP contribution in [-0.4, -0.2) is 53.8 Å². The Morgan fingerprint density at radius 2 is 2.03 bits per heavy atom. The summed E-state index contributed by atoms with van der Waals surface area (Å²) in [6.07, 6.45) is 1.52. The van der Waals surface area contributed by atoms with Gasteiger partial charge in [0, 0.05) is 18.7 Å². The third-order valence-electron chi connectivity index (χ3n) is 5.45. The Morgan fingerprint density at radius 1 is 1.26 bits per heavy atom. The minimum absolute atomic E-state index is 0.0390. The van der Waals surface area contributed by atoms with Crippen LogP contribution in [0, 0.1) is 10.1 Å². The number of hydrogen-bond donors (Lipinski definition) is 0. The molecule has 15 heteroatoms. The average Bonchev–Trinajstić information content (AvgIpc) is 3.42. The van der Waals surface area contributed by atoms with Crippen molar-refractivity contribution in [2.45, 2.75) is 36.1 Å². The molecule has 0 bridgehead atoms. The molecule has 1 fully saturated rings. The molecule has 0 N–H and O–H groups in total. The van der Waals surface area contributed by atoms with E-state index in [1.54, 1.807) is 0 Å². The second kappa shape index (κ2) is 10.1. The lowest BCUT2D eigenvalue weighted by atomic mass is 10.0. The van der Waals surface area contributed by atoms with Crippen LogP contribution in [0.2, 0.25) is 4.34 Å². The number of hydrogen-bond acceptors (Lipinski definition) is 9. The van der Waals surface area contributed by atoms with Crippen molar-refractivity contribution in [3.05, 3.63) is 49.6 Å². The van der Waals surface area contributed by atoms with Gasteiger partial charge in [-0.05, 0) is 31.0 Å². The van der Waals surface area contributed by atoms with Gasteiger partial charge in [-0.1, -0.05) is 29.4 Å². The van der Waals surface area contributed by atoms with E-state index in [9.17, 15) is 28.1 Å². The number of rotatable bonds is 6. The molecule has 4 rings (SSSR count).